The smallest absolute Gasteiger partial charge is 0.322 e. The van der Waals surface area contributed by atoms with Crippen molar-refractivity contribution in [3.05, 3.63) is 53.5 Å². The molecule has 2 aromatic heterocycles. The zero-order chi connectivity index (χ0) is 22.6. The second-order valence-corrected chi connectivity index (χ2v) is 8.93. The van der Waals surface area contributed by atoms with Crippen LogP contribution in [0.3, 0.4) is 0 Å². The lowest BCUT2D eigenvalue weighted by Gasteiger charge is -2.25. The molecule has 0 radical (unpaired) electrons. The summed E-state index contributed by atoms with van der Waals surface area (Å²) in [6, 6.07) is 6.95. The first-order valence-corrected chi connectivity index (χ1v) is 10.8. The van der Waals surface area contributed by atoms with Crippen LogP contribution in [0.1, 0.15) is 35.3 Å². The molecular weight excluding hydrogens is 410 g/mol. The Labute approximate surface area is 185 Å². The van der Waals surface area contributed by atoms with Crippen LogP contribution >= 0.6 is 0 Å². The lowest BCUT2D eigenvalue weighted by molar-refractivity contribution is -0.0264. The SMILES string of the molecule is CN(C)C(=O)Nc1ncnc2c1ccn2[C@@H]1C[C@H]([C@H](O)c2ccc3c(c2)CC3)[C@@H](O)[C@H]1O. The van der Waals surface area contributed by atoms with Crippen molar-refractivity contribution in [2.75, 3.05) is 19.4 Å². The summed E-state index contributed by atoms with van der Waals surface area (Å²) in [6.45, 7) is 0. The van der Waals surface area contributed by atoms with E-state index < -0.39 is 30.3 Å². The second kappa shape index (κ2) is 7.84. The summed E-state index contributed by atoms with van der Waals surface area (Å²) in [5.74, 6) is -0.139. The van der Waals surface area contributed by atoms with E-state index in [1.165, 1.54) is 22.4 Å². The Morgan fingerprint density at radius 3 is 2.62 bits per heavy atom. The molecule has 0 bridgehead atoms. The minimum Gasteiger partial charge on any atom is -0.390 e. The number of aromatic nitrogens is 3. The number of nitrogens with one attached hydrogen (secondary N) is 1. The minimum atomic E-state index is -1.08. The molecule has 5 rings (SSSR count). The topological polar surface area (TPSA) is 124 Å². The average Bonchev–Trinajstić information content (AvgIpc) is 3.30. The highest BCUT2D eigenvalue weighted by atomic mass is 16.3. The van der Waals surface area contributed by atoms with Crippen molar-refractivity contribution < 1.29 is 20.1 Å². The van der Waals surface area contributed by atoms with Gasteiger partial charge in [0.05, 0.1) is 23.6 Å². The van der Waals surface area contributed by atoms with Crippen LogP contribution in [-0.4, -0.2) is 67.1 Å². The molecule has 168 valence electrons. The normalized spacial score (nSPS) is 25.3. The van der Waals surface area contributed by atoms with E-state index in [0.29, 0.717) is 23.3 Å². The number of carbonyl (C=O) groups is 1. The Balaban J connectivity index is 1.42. The van der Waals surface area contributed by atoms with E-state index in [0.717, 1.165) is 18.4 Å². The third-order valence-corrected chi connectivity index (χ3v) is 6.84. The van der Waals surface area contributed by atoms with E-state index >= 15 is 0 Å². The number of amides is 2. The van der Waals surface area contributed by atoms with Gasteiger partial charge < -0.3 is 24.8 Å². The van der Waals surface area contributed by atoms with Crippen LogP contribution < -0.4 is 5.32 Å². The second-order valence-electron chi connectivity index (χ2n) is 8.93. The van der Waals surface area contributed by atoms with Crippen LogP contribution in [0, 0.1) is 5.92 Å². The standard InChI is InChI=1S/C23H27N5O4/c1-27(2)23(32)26-21-15-7-8-28(22(15)25-11-24-21)17-10-16(19(30)20(17)31)18(29)14-6-4-12-3-5-13(12)9-14/h4,6-9,11,16-20,29-31H,3,5,10H2,1-2H3,(H,24,25,26,32)/t16-,17-,18-,19-,20+/m1/s1. The van der Waals surface area contributed by atoms with E-state index in [1.54, 1.807) is 30.9 Å². The molecule has 1 aromatic carbocycles. The maximum atomic E-state index is 12.1. The van der Waals surface area contributed by atoms with Gasteiger partial charge in [0.1, 0.15) is 23.9 Å². The van der Waals surface area contributed by atoms with Crippen molar-refractivity contribution >= 4 is 22.9 Å². The molecule has 2 aliphatic carbocycles. The van der Waals surface area contributed by atoms with Gasteiger partial charge in [-0.25, -0.2) is 14.8 Å². The predicted octanol–water partition coefficient (Wildman–Crippen LogP) is 1.64. The molecular formula is C23H27N5O4. The first kappa shape index (κ1) is 20.9. The molecule has 4 N–H and O–H groups in total. The quantitative estimate of drug-likeness (QED) is 0.492. The largest absolute Gasteiger partial charge is 0.390 e. The molecule has 2 heterocycles. The van der Waals surface area contributed by atoms with Gasteiger partial charge in [-0.15, -0.1) is 0 Å². The van der Waals surface area contributed by atoms with Crippen molar-refractivity contribution in [3.63, 3.8) is 0 Å². The average molecular weight is 438 g/mol. The molecule has 9 nitrogen and oxygen atoms in total. The lowest BCUT2D eigenvalue weighted by atomic mass is 9.84. The van der Waals surface area contributed by atoms with Crippen LogP contribution in [0.25, 0.3) is 11.0 Å². The molecule has 1 fully saturated rings. The molecule has 0 saturated heterocycles. The van der Waals surface area contributed by atoms with Gasteiger partial charge in [0, 0.05) is 26.2 Å². The van der Waals surface area contributed by atoms with Gasteiger partial charge in [-0.2, -0.15) is 0 Å². The third-order valence-electron chi connectivity index (χ3n) is 6.84. The Hall–Kier alpha value is -3.01. The maximum absolute atomic E-state index is 12.1. The summed E-state index contributed by atoms with van der Waals surface area (Å²) >= 11 is 0. The van der Waals surface area contributed by atoms with E-state index in [9.17, 15) is 20.1 Å². The zero-order valence-electron chi connectivity index (χ0n) is 18.0. The number of aryl methyl sites for hydroxylation is 2. The molecule has 0 unspecified atom stereocenters. The fourth-order valence-corrected chi connectivity index (χ4v) is 4.83. The van der Waals surface area contributed by atoms with Crippen LogP contribution in [0.2, 0.25) is 0 Å². The number of carbonyl (C=O) groups excluding carboxylic acids is 1. The van der Waals surface area contributed by atoms with Crippen LogP contribution in [-0.2, 0) is 12.8 Å². The monoisotopic (exact) mass is 437 g/mol. The van der Waals surface area contributed by atoms with Gasteiger partial charge in [0.2, 0.25) is 0 Å². The van der Waals surface area contributed by atoms with Crippen molar-refractivity contribution in [3.8, 4) is 0 Å². The fraction of sp³-hybridized carbons (Fsp3) is 0.435. The molecule has 5 atom stereocenters. The maximum Gasteiger partial charge on any atom is 0.322 e. The molecule has 2 amide bonds. The van der Waals surface area contributed by atoms with Crippen molar-refractivity contribution in [2.45, 2.75) is 43.6 Å². The van der Waals surface area contributed by atoms with Gasteiger partial charge in [-0.05, 0) is 42.0 Å². The Bertz CT molecular complexity index is 1180. The Kier molecular flexibility index (Phi) is 5.11. The number of anilines is 1. The Morgan fingerprint density at radius 1 is 1.16 bits per heavy atom. The number of benzene rings is 1. The number of aliphatic hydroxyl groups is 3. The first-order valence-electron chi connectivity index (χ1n) is 10.8. The third kappa shape index (κ3) is 3.33. The van der Waals surface area contributed by atoms with Crippen molar-refractivity contribution in [1.82, 2.24) is 19.4 Å². The van der Waals surface area contributed by atoms with Crippen LogP contribution in [0.15, 0.2) is 36.8 Å². The summed E-state index contributed by atoms with van der Waals surface area (Å²) in [7, 11) is 3.28. The van der Waals surface area contributed by atoms with Gasteiger partial charge >= 0.3 is 6.03 Å². The van der Waals surface area contributed by atoms with Crippen molar-refractivity contribution in [1.29, 1.82) is 0 Å². The van der Waals surface area contributed by atoms with Crippen LogP contribution in [0.5, 0.6) is 0 Å². The summed E-state index contributed by atoms with van der Waals surface area (Å²) in [5.41, 5.74) is 3.86. The van der Waals surface area contributed by atoms with E-state index in [2.05, 4.69) is 15.3 Å². The number of hydrogen-bond acceptors (Lipinski definition) is 6. The zero-order valence-corrected chi connectivity index (χ0v) is 18.0. The fourth-order valence-electron chi connectivity index (χ4n) is 4.83. The molecule has 0 aliphatic heterocycles. The van der Waals surface area contributed by atoms with Gasteiger partial charge in [0.15, 0.2) is 0 Å². The summed E-state index contributed by atoms with van der Waals surface area (Å²) in [6.07, 6.45) is 2.57. The van der Waals surface area contributed by atoms with E-state index in [1.807, 2.05) is 18.2 Å². The van der Waals surface area contributed by atoms with Gasteiger partial charge in [-0.1, -0.05) is 18.2 Å². The van der Waals surface area contributed by atoms with Gasteiger partial charge in [-0.3, -0.25) is 5.32 Å². The molecule has 2 aliphatic rings. The highest BCUT2D eigenvalue weighted by molar-refractivity contribution is 5.97. The number of urea groups is 1. The molecule has 9 heteroatoms. The predicted molar refractivity (Wildman–Crippen MR) is 118 cm³/mol. The van der Waals surface area contributed by atoms with E-state index in [-0.39, 0.29) is 6.03 Å². The molecule has 0 spiro atoms. The number of nitrogens with zero attached hydrogens (tertiary/aromatic N) is 4. The summed E-state index contributed by atoms with van der Waals surface area (Å²) < 4.78 is 1.79. The number of fused-ring (bicyclic) bond motifs is 2. The highest BCUT2D eigenvalue weighted by Crippen LogP contribution is 2.44. The molecule has 1 saturated carbocycles. The van der Waals surface area contributed by atoms with E-state index in [4.69, 9.17) is 0 Å². The highest BCUT2D eigenvalue weighted by Gasteiger charge is 2.46. The van der Waals surface area contributed by atoms with Gasteiger partial charge in [0.25, 0.3) is 0 Å². The number of aliphatic hydroxyl groups excluding tert-OH is 3. The van der Waals surface area contributed by atoms with Crippen LogP contribution in [0.4, 0.5) is 10.6 Å². The molecule has 32 heavy (non-hydrogen) atoms. The Morgan fingerprint density at radius 2 is 1.94 bits per heavy atom. The molecule has 3 aromatic rings. The summed E-state index contributed by atoms with van der Waals surface area (Å²) in [4.78, 5) is 22.0. The number of rotatable bonds is 4. The first-order chi connectivity index (χ1) is 15.3. The number of hydrogen-bond donors (Lipinski definition) is 4. The summed E-state index contributed by atoms with van der Waals surface area (Å²) in [5, 5.41) is 36.0. The lowest BCUT2D eigenvalue weighted by Crippen LogP contribution is -2.31. The minimum absolute atomic E-state index is 0.309. The van der Waals surface area contributed by atoms with Crippen molar-refractivity contribution in [2.24, 2.45) is 5.92 Å².